The second-order valence-electron chi connectivity index (χ2n) is 3.34. The van der Waals surface area contributed by atoms with Gasteiger partial charge in [0.05, 0.1) is 18.1 Å². The number of hydrogen-bond donors (Lipinski definition) is 1. The highest BCUT2D eigenvalue weighted by atomic mass is 79.9. The molecule has 18 heavy (non-hydrogen) atoms. The van der Waals surface area contributed by atoms with Crippen LogP contribution in [0.5, 0.6) is 5.75 Å². The Hall–Kier alpha value is -1.67. The molecule has 0 spiro atoms. The van der Waals surface area contributed by atoms with E-state index in [1.807, 2.05) is 0 Å². The third-order valence-electron chi connectivity index (χ3n) is 2.00. The Labute approximate surface area is 111 Å². The molecule has 8 heteroatoms. The van der Waals surface area contributed by atoms with E-state index in [4.69, 9.17) is 10.5 Å². The summed E-state index contributed by atoms with van der Waals surface area (Å²) >= 11 is 3.12. The molecule has 0 radical (unpaired) electrons. The van der Waals surface area contributed by atoms with Gasteiger partial charge in [-0.15, -0.1) is 0 Å². The largest absolute Gasteiger partial charge is 0.491 e. The zero-order valence-corrected chi connectivity index (χ0v) is 11.0. The lowest BCUT2D eigenvalue weighted by Crippen LogP contribution is -2.37. The van der Waals surface area contributed by atoms with Gasteiger partial charge in [-0.25, -0.2) is 0 Å². The summed E-state index contributed by atoms with van der Waals surface area (Å²) in [6, 6.07) is 3.19. The lowest BCUT2D eigenvalue weighted by atomic mass is 10.3. The van der Waals surface area contributed by atoms with Gasteiger partial charge in [-0.1, -0.05) is 15.9 Å². The molecular formula is C10H11BrN2O5. The van der Waals surface area contributed by atoms with Crippen LogP contribution in [0.4, 0.5) is 5.69 Å². The summed E-state index contributed by atoms with van der Waals surface area (Å²) in [5.74, 6) is -0.366. The van der Waals surface area contributed by atoms with Crippen molar-refractivity contribution < 1.29 is 19.2 Å². The van der Waals surface area contributed by atoms with Crippen molar-refractivity contribution in [2.24, 2.45) is 5.73 Å². The summed E-state index contributed by atoms with van der Waals surface area (Å²) in [6.07, 6.45) is 0. The van der Waals surface area contributed by atoms with Gasteiger partial charge in [-0.2, -0.15) is 0 Å². The minimum atomic E-state index is -0.937. The number of rotatable bonds is 5. The first-order valence-corrected chi connectivity index (χ1v) is 5.64. The number of methoxy groups -OCH3 is 1. The van der Waals surface area contributed by atoms with Crippen molar-refractivity contribution in [3.05, 3.63) is 32.8 Å². The fraction of sp³-hybridized carbons (Fsp3) is 0.300. The first-order valence-electron chi connectivity index (χ1n) is 4.85. The minimum absolute atomic E-state index is 0.119. The Morgan fingerprint density at radius 2 is 2.22 bits per heavy atom. The number of carbonyl (C=O) groups is 1. The Bertz CT molecular complexity index is 466. The molecule has 0 saturated heterocycles. The zero-order valence-electron chi connectivity index (χ0n) is 9.46. The molecule has 0 aromatic heterocycles. The molecule has 2 N–H and O–H groups in total. The van der Waals surface area contributed by atoms with Gasteiger partial charge in [-0.3, -0.25) is 14.9 Å². The lowest BCUT2D eigenvalue weighted by molar-refractivity contribution is -0.385. The topological polar surface area (TPSA) is 105 Å². The van der Waals surface area contributed by atoms with Crippen molar-refractivity contribution in [1.82, 2.24) is 0 Å². The third kappa shape index (κ3) is 3.97. The Kier molecular flexibility index (Phi) is 5.05. The highest BCUT2D eigenvalue weighted by molar-refractivity contribution is 9.10. The molecule has 7 nitrogen and oxygen atoms in total. The molecule has 1 unspecified atom stereocenters. The van der Waals surface area contributed by atoms with E-state index in [9.17, 15) is 14.9 Å². The molecule has 0 aliphatic carbocycles. The van der Waals surface area contributed by atoms with Gasteiger partial charge in [0.1, 0.15) is 18.4 Å². The second-order valence-corrected chi connectivity index (χ2v) is 4.26. The molecular weight excluding hydrogens is 308 g/mol. The minimum Gasteiger partial charge on any atom is -0.491 e. The normalized spacial score (nSPS) is 11.7. The summed E-state index contributed by atoms with van der Waals surface area (Å²) < 4.78 is 10.1. The van der Waals surface area contributed by atoms with Crippen LogP contribution in [0.3, 0.4) is 0 Å². The van der Waals surface area contributed by atoms with Crippen molar-refractivity contribution in [2.75, 3.05) is 13.7 Å². The van der Waals surface area contributed by atoms with Gasteiger partial charge in [0.25, 0.3) is 5.69 Å². The number of ether oxygens (including phenoxy) is 2. The number of hydrogen-bond acceptors (Lipinski definition) is 6. The third-order valence-corrected chi connectivity index (χ3v) is 2.46. The summed E-state index contributed by atoms with van der Waals surface area (Å²) in [5, 5.41) is 10.6. The molecule has 0 heterocycles. The van der Waals surface area contributed by atoms with E-state index >= 15 is 0 Å². The fourth-order valence-electron chi connectivity index (χ4n) is 1.14. The maximum Gasteiger partial charge on any atom is 0.326 e. The van der Waals surface area contributed by atoms with E-state index in [-0.39, 0.29) is 18.0 Å². The molecule has 0 fully saturated rings. The van der Waals surface area contributed by atoms with Gasteiger partial charge < -0.3 is 15.2 Å². The number of benzene rings is 1. The van der Waals surface area contributed by atoms with Crippen molar-refractivity contribution in [2.45, 2.75) is 6.04 Å². The predicted molar refractivity (Wildman–Crippen MR) is 66.3 cm³/mol. The standard InChI is InChI=1S/C10H11BrN2O5/c1-17-10(14)9(12)5-18-8-3-6(11)2-7(4-8)13(15)16/h2-4,9H,5,12H2,1H3. The fourth-order valence-corrected chi connectivity index (χ4v) is 1.60. The number of nitrogens with two attached hydrogens (primary N) is 1. The molecule has 98 valence electrons. The predicted octanol–water partition coefficient (Wildman–Crippen LogP) is 1.24. The van der Waals surface area contributed by atoms with E-state index in [2.05, 4.69) is 20.7 Å². The van der Waals surface area contributed by atoms with Gasteiger partial charge in [0, 0.05) is 10.5 Å². The number of esters is 1. The smallest absolute Gasteiger partial charge is 0.326 e. The van der Waals surface area contributed by atoms with E-state index in [1.165, 1.54) is 25.3 Å². The number of nitro groups is 1. The van der Waals surface area contributed by atoms with Crippen LogP contribution in [-0.4, -0.2) is 30.7 Å². The van der Waals surface area contributed by atoms with Crippen LogP contribution in [0.15, 0.2) is 22.7 Å². The first kappa shape index (κ1) is 14.4. The Morgan fingerprint density at radius 1 is 1.56 bits per heavy atom. The number of nitrogens with zero attached hydrogens (tertiary/aromatic N) is 1. The molecule has 0 saturated carbocycles. The van der Waals surface area contributed by atoms with E-state index in [0.717, 1.165) is 0 Å². The maximum absolute atomic E-state index is 11.0. The summed E-state index contributed by atoms with van der Waals surface area (Å²) in [7, 11) is 1.21. The molecule has 1 rings (SSSR count). The van der Waals surface area contributed by atoms with Crippen LogP contribution >= 0.6 is 15.9 Å². The molecule has 0 aliphatic heterocycles. The van der Waals surface area contributed by atoms with Crippen molar-refractivity contribution in [3.8, 4) is 5.75 Å². The van der Waals surface area contributed by atoms with Crippen LogP contribution in [-0.2, 0) is 9.53 Å². The van der Waals surface area contributed by atoms with Crippen LogP contribution in [0.1, 0.15) is 0 Å². The SMILES string of the molecule is COC(=O)C(N)COc1cc(Br)cc([N+](=O)[O-])c1. The summed E-state index contributed by atoms with van der Waals surface area (Å²) in [5.41, 5.74) is 5.35. The average Bonchev–Trinajstić information content (AvgIpc) is 2.34. The monoisotopic (exact) mass is 318 g/mol. The molecule has 1 aromatic rings. The highest BCUT2D eigenvalue weighted by Crippen LogP contribution is 2.26. The Morgan fingerprint density at radius 3 is 2.78 bits per heavy atom. The molecule has 1 aromatic carbocycles. The number of carbonyl (C=O) groups excluding carboxylic acids is 1. The van der Waals surface area contributed by atoms with E-state index < -0.39 is 16.9 Å². The molecule has 0 aliphatic rings. The van der Waals surface area contributed by atoms with Gasteiger partial charge in [0.15, 0.2) is 0 Å². The number of nitro benzene ring substituents is 1. The summed E-state index contributed by atoms with van der Waals surface area (Å²) in [6.45, 7) is -0.125. The van der Waals surface area contributed by atoms with E-state index in [1.54, 1.807) is 0 Å². The van der Waals surface area contributed by atoms with Crippen molar-refractivity contribution in [1.29, 1.82) is 0 Å². The Balaban J connectivity index is 2.73. The van der Waals surface area contributed by atoms with Crippen LogP contribution in [0.2, 0.25) is 0 Å². The van der Waals surface area contributed by atoms with Gasteiger partial charge in [-0.05, 0) is 6.07 Å². The number of halogens is 1. The molecule has 0 amide bonds. The average molecular weight is 319 g/mol. The van der Waals surface area contributed by atoms with Crippen LogP contribution < -0.4 is 10.5 Å². The van der Waals surface area contributed by atoms with E-state index in [0.29, 0.717) is 4.47 Å². The lowest BCUT2D eigenvalue weighted by Gasteiger charge is -2.11. The van der Waals surface area contributed by atoms with Gasteiger partial charge >= 0.3 is 5.97 Å². The highest BCUT2D eigenvalue weighted by Gasteiger charge is 2.15. The second kappa shape index (κ2) is 6.31. The van der Waals surface area contributed by atoms with Crippen LogP contribution in [0.25, 0.3) is 0 Å². The van der Waals surface area contributed by atoms with Crippen LogP contribution in [0, 0.1) is 10.1 Å². The van der Waals surface area contributed by atoms with Crippen molar-refractivity contribution in [3.63, 3.8) is 0 Å². The quantitative estimate of drug-likeness (QED) is 0.497. The first-order chi connectivity index (χ1) is 8.43. The molecule has 1 atom stereocenters. The zero-order chi connectivity index (χ0) is 13.7. The maximum atomic E-state index is 11.0. The van der Waals surface area contributed by atoms with Crippen molar-refractivity contribution >= 4 is 27.6 Å². The number of non-ortho nitro benzene ring substituents is 1. The molecule has 0 bridgehead atoms. The van der Waals surface area contributed by atoms with Gasteiger partial charge in [0.2, 0.25) is 0 Å². The summed E-state index contributed by atoms with van der Waals surface area (Å²) in [4.78, 5) is 21.1.